The zero-order valence-corrected chi connectivity index (χ0v) is 6.01. The van der Waals surface area contributed by atoms with Gasteiger partial charge in [0, 0.05) is 0 Å². The Morgan fingerprint density at radius 3 is 3.08 bits per heavy atom. The van der Waals surface area contributed by atoms with Gasteiger partial charge in [-0.15, -0.1) is 0 Å². The molecule has 0 atom stereocenters. The number of fused-ring (bicyclic) bond motifs is 1. The predicted molar refractivity (Wildman–Crippen MR) is 40.3 cm³/mol. The predicted octanol–water partition coefficient (Wildman–Crippen LogP) is -0.247. The fraction of sp³-hybridized carbons (Fsp3) is 0. The van der Waals surface area contributed by atoms with E-state index in [0.29, 0.717) is 11.2 Å². The van der Waals surface area contributed by atoms with Crippen LogP contribution >= 0.6 is 0 Å². The Morgan fingerprint density at radius 2 is 2.33 bits per heavy atom. The van der Waals surface area contributed by atoms with E-state index < -0.39 is 6.03 Å². The molecule has 2 aromatic rings. The molecule has 2 rings (SSSR count). The summed E-state index contributed by atoms with van der Waals surface area (Å²) in [6.45, 7) is 0. The summed E-state index contributed by atoms with van der Waals surface area (Å²) in [5.41, 5.74) is 6.03. The van der Waals surface area contributed by atoms with E-state index in [1.165, 1.54) is 23.4 Å². The monoisotopic (exact) mass is 163 g/mol. The zero-order valence-electron chi connectivity index (χ0n) is 6.01. The lowest BCUT2D eigenvalue weighted by atomic mass is 10.5. The van der Waals surface area contributed by atoms with Crippen LogP contribution in [-0.2, 0) is 0 Å². The van der Waals surface area contributed by atoms with Crippen molar-refractivity contribution in [1.29, 1.82) is 0 Å². The summed E-state index contributed by atoms with van der Waals surface area (Å²) in [6, 6.07) is -0.590. The molecule has 2 heterocycles. The third-order valence-corrected chi connectivity index (χ3v) is 1.47. The topological polar surface area (TPSA) is 86.7 Å². The molecule has 0 fully saturated rings. The zero-order chi connectivity index (χ0) is 8.55. The fourth-order valence-corrected chi connectivity index (χ4v) is 0.935. The van der Waals surface area contributed by atoms with E-state index in [-0.39, 0.29) is 0 Å². The molecule has 0 aliphatic carbocycles. The number of aromatic nitrogens is 4. The summed E-state index contributed by atoms with van der Waals surface area (Å²) in [6.07, 6.45) is 4.17. The first-order chi connectivity index (χ1) is 5.79. The number of carbonyl (C=O) groups excluding carboxylic acids is 1. The van der Waals surface area contributed by atoms with E-state index in [9.17, 15) is 4.79 Å². The first-order valence-electron chi connectivity index (χ1n) is 3.22. The maximum Gasteiger partial charge on any atom is 0.324 e. The summed E-state index contributed by atoms with van der Waals surface area (Å²) in [5.74, 6) is 0. The number of nitrogens with zero attached hydrogens (tertiary/aromatic N) is 4. The van der Waals surface area contributed by atoms with Crippen molar-refractivity contribution in [3.05, 3.63) is 18.9 Å². The van der Waals surface area contributed by atoms with Crippen molar-refractivity contribution < 1.29 is 4.79 Å². The molecule has 0 aliphatic rings. The minimum absolute atomic E-state index is 0.462. The van der Waals surface area contributed by atoms with Gasteiger partial charge in [-0.25, -0.2) is 24.3 Å². The van der Waals surface area contributed by atoms with E-state index in [1.54, 1.807) is 0 Å². The van der Waals surface area contributed by atoms with Crippen LogP contribution in [0, 0.1) is 0 Å². The van der Waals surface area contributed by atoms with Crippen molar-refractivity contribution >= 4 is 17.2 Å². The van der Waals surface area contributed by atoms with Gasteiger partial charge in [-0.2, -0.15) is 0 Å². The second kappa shape index (κ2) is 2.26. The second-order valence-electron chi connectivity index (χ2n) is 2.18. The summed E-state index contributed by atoms with van der Waals surface area (Å²) in [5, 5.41) is 0. The molecule has 0 aromatic carbocycles. The van der Waals surface area contributed by atoms with Gasteiger partial charge in [0.1, 0.15) is 18.2 Å². The lowest BCUT2D eigenvalue weighted by Crippen LogP contribution is -2.18. The van der Waals surface area contributed by atoms with Gasteiger partial charge in [0.05, 0.1) is 6.20 Å². The molecule has 0 bridgehead atoms. The van der Waals surface area contributed by atoms with Gasteiger partial charge >= 0.3 is 6.03 Å². The third kappa shape index (κ3) is 0.815. The Morgan fingerprint density at radius 1 is 1.50 bits per heavy atom. The molecule has 6 heteroatoms. The Bertz CT molecular complexity index is 434. The molecule has 0 aliphatic heterocycles. The molecule has 12 heavy (non-hydrogen) atoms. The van der Waals surface area contributed by atoms with Crippen molar-refractivity contribution in [2.75, 3.05) is 0 Å². The highest BCUT2D eigenvalue weighted by atomic mass is 16.2. The molecule has 0 unspecified atom stereocenters. The molecule has 0 radical (unpaired) electrons. The Kier molecular flexibility index (Phi) is 1.26. The molecular weight excluding hydrogens is 158 g/mol. The molecule has 0 saturated carbocycles. The summed E-state index contributed by atoms with van der Waals surface area (Å²) >= 11 is 0. The average Bonchev–Trinajstić information content (AvgIpc) is 2.47. The minimum Gasteiger partial charge on any atom is -0.351 e. The standard InChI is InChI=1S/C6H5N5O/c7-6(12)11-3-10-5-4(11)1-8-2-9-5/h1-3H,(H2,7,12). The van der Waals surface area contributed by atoms with Gasteiger partial charge in [0.15, 0.2) is 5.65 Å². The van der Waals surface area contributed by atoms with Crippen LogP contribution in [-0.4, -0.2) is 25.6 Å². The summed E-state index contributed by atoms with van der Waals surface area (Å²) in [4.78, 5) is 22.2. The average molecular weight is 163 g/mol. The van der Waals surface area contributed by atoms with Crippen molar-refractivity contribution in [2.45, 2.75) is 0 Å². The first kappa shape index (κ1) is 6.71. The molecule has 0 saturated heterocycles. The molecule has 1 amide bonds. The van der Waals surface area contributed by atoms with E-state index in [4.69, 9.17) is 5.73 Å². The van der Waals surface area contributed by atoms with Crippen LogP contribution in [0.3, 0.4) is 0 Å². The van der Waals surface area contributed by atoms with Crippen LogP contribution in [0.5, 0.6) is 0 Å². The van der Waals surface area contributed by atoms with E-state index in [1.807, 2.05) is 0 Å². The van der Waals surface area contributed by atoms with Crippen molar-refractivity contribution in [2.24, 2.45) is 5.73 Å². The van der Waals surface area contributed by atoms with Gasteiger partial charge < -0.3 is 5.73 Å². The largest absolute Gasteiger partial charge is 0.351 e. The van der Waals surface area contributed by atoms with Crippen LogP contribution < -0.4 is 5.73 Å². The van der Waals surface area contributed by atoms with Crippen molar-refractivity contribution in [3.63, 3.8) is 0 Å². The Balaban J connectivity index is 2.79. The Hall–Kier alpha value is -1.98. The number of hydrogen-bond donors (Lipinski definition) is 1. The Labute approximate surface area is 67.1 Å². The molecular formula is C6H5N5O. The van der Waals surface area contributed by atoms with Gasteiger partial charge in [-0.3, -0.25) is 0 Å². The molecule has 2 aromatic heterocycles. The second-order valence-corrected chi connectivity index (χ2v) is 2.18. The highest BCUT2D eigenvalue weighted by Gasteiger charge is 2.05. The first-order valence-corrected chi connectivity index (χ1v) is 3.22. The summed E-state index contributed by atoms with van der Waals surface area (Å²) in [7, 11) is 0. The molecule has 0 spiro atoms. The number of carbonyl (C=O) groups is 1. The highest BCUT2D eigenvalue weighted by molar-refractivity contribution is 5.85. The summed E-state index contributed by atoms with van der Waals surface area (Å²) < 4.78 is 1.19. The number of nitrogens with two attached hydrogens (primary N) is 1. The lowest BCUT2D eigenvalue weighted by Gasteiger charge is -1.93. The van der Waals surface area contributed by atoms with Gasteiger partial charge in [0.2, 0.25) is 0 Å². The normalized spacial score (nSPS) is 10.3. The quantitative estimate of drug-likeness (QED) is 0.580. The van der Waals surface area contributed by atoms with Gasteiger partial charge in [-0.1, -0.05) is 0 Å². The number of imidazole rings is 1. The van der Waals surface area contributed by atoms with Gasteiger partial charge in [-0.05, 0) is 0 Å². The van der Waals surface area contributed by atoms with Crippen molar-refractivity contribution in [1.82, 2.24) is 19.5 Å². The highest BCUT2D eigenvalue weighted by Crippen LogP contribution is 2.05. The van der Waals surface area contributed by atoms with Crippen LogP contribution in [0.4, 0.5) is 4.79 Å². The molecule has 60 valence electrons. The smallest absolute Gasteiger partial charge is 0.324 e. The van der Waals surface area contributed by atoms with E-state index in [0.717, 1.165) is 0 Å². The van der Waals surface area contributed by atoms with Crippen LogP contribution in [0.1, 0.15) is 0 Å². The van der Waals surface area contributed by atoms with E-state index >= 15 is 0 Å². The SMILES string of the molecule is NC(=O)n1cnc2ncncc21. The number of primary amides is 1. The van der Waals surface area contributed by atoms with Crippen LogP contribution in [0.2, 0.25) is 0 Å². The van der Waals surface area contributed by atoms with E-state index in [2.05, 4.69) is 15.0 Å². The maximum atomic E-state index is 10.8. The van der Waals surface area contributed by atoms with Crippen molar-refractivity contribution in [3.8, 4) is 0 Å². The fourth-order valence-electron chi connectivity index (χ4n) is 0.935. The number of amides is 1. The number of rotatable bonds is 0. The van der Waals surface area contributed by atoms with Gasteiger partial charge in [0.25, 0.3) is 0 Å². The van der Waals surface area contributed by atoms with Crippen LogP contribution in [0.25, 0.3) is 11.2 Å². The third-order valence-electron chi connectivity index (χ3n) is 1.47. The van der Waals surface area contributed by atoms with Crippen LogP contribution in [0.15, 0.2) is 18.9 Å². The number of hydrogen-bond acceptors (Lipinski definition) is 4. The molecule has 6 nitrogen and oxygen atoms in total. The minimum atomic E-state index is -0.590. The molecule has 2 N–H and O–H groups in total. The maximum absolute atomic E-state index is 10.8. The lowest BCUT2D eigenvalue weighted by molar-refractivity contribution is 0.251.